The van der Waals surface area contributed by atoms with Gasteiger partial charge < -0.3 is 0 Å². The van der Waals surface area contributed by atoms with E-state index in [0.29, 0.717) is 0 Å². The van der Waals surface area contributed by atoms with Gasteiger partial charge in [-0.05, 0) is 31.8 Å². The van der Waals surface area contributed by atoms with Gasteiger partial charge in [-0.3, -0.25) is 4.79 Å². The maximum absolute atomic E-state index is 11.3. The fourth-order valence-corrected chi connectivity index (χ4v) is 1.67. The van der Waals surface area contributed by atoms with Crippen LogP contribution in [0.5, 0.6) is 0 Å². The van der Waals surface area contributed by atoms with E-state index in [0.717, 1.165) is 19.3 Å². The molecule has 0 amide bonds. The van der Waals surface area contributed by atoms with Crippen molar-refractivity contribution in [3.8, 4) is 0 Å². The monoisotopic (exact) mass is 146 g/mol. The van der Waals surface area contributed by atoms with Crippen molar-refractivity contribution in [3.63, 3.8) is 0 Å². The molecular formula is C10H10O. The van der Waals surface area contributed by atoms with Gasteiger partial charge in [0, 0.05) is 5.92 Å². The Balaban J connectivity index is 2.25. The van der Waals surface area contributed by atoms with E-state index in [1.54, 1.807) is 6.08 Å². The lowest BCUT2D eigenvalue weighted by Gasteiger charge is -2.24. The molecule has 1 saturated carbocycles. The Morgan fingerprint density at radius 1 is 1.55 bits per heavy atom. The van der Waals surface area contributed by atoms with Gasteiger partial charge in [0.25, 0.3) is 0 Å². The number of hydrogen-bond acceptors (Lipinski definition) is 1. The predicted octanol–water partition coefficient (Wildman–Crippen LogP) is 1.93. The minimum absolute atomic E-state index is 0.196. The molecule has 0 heterocycles. The van der Waals surface area contributed by atoms with E-state index in [9.17, 15) is 4.79 Å². The van der Waals surface area contributed by atoms with Crippen LogP contribution in [0, 0.1) is 12.3 Å². The minimum Gasteiger partial charge on any atom is -0.294 e. The van der Waals surface area contributed by atoms with Crippen molar-refractivity contribution in [2.45, 2.75) is 19.3 Å². The van der Waals surface area contributed by atoms with Gasteiger partial charge in [0.05, 0.1) is 0 Å². The van der Waals surface area contributed by atoms with Gasteiger partial charge in [-0.2, -0.15) is 0 Å². The molecule has 0 aromatic carbocycles. The first-order chi connectivity index (χ1) is 5.38. The second kappa shape index (κ2) is 2.65. The fraction of sp³-hybridized carbons (Fsp3) is 0.400. The fourth-order valence-electron chi connectivity index (χ4n) is 1.67. The van der Waals surface area contributed by atoms with E-state index in [1.807, 2.05) is 6.08 Å². The molecule has 1 atom stereocenters. The summed E-state index contributed by atoms with van der Waals surface area (Å²) in [6.07, 6.45) is 11.7. The molecule has 1 fully saturated rings. The Morgan fingerprint density at radius 3 is 3.27 bits per heavy atom. The van der Waals surface area contributed by atoms with E-state index in [1.165, 1.54) is 5.57 Å². The second-order valence-corrected chi connectivity index (χ2v) is 3.02. The molecule has 1 heteroatoms. The Bertz CT molecular complexity index is 235. The highest BCUT2D eigenvalue weighted by Gasteiger charge is 2.25. The van der Waals surface area contributed by atoms with Crippen LogP contribution in [-0.4, -0.2) is 5.78 Å². The summed E-state index contributed by atoms with van der Waals surface area (Å²) in [6, 6.07) is 0. The maximum atomic E-state index is 11.3. The van der Waals surface area contributed by atoms with Gasteiger partial charge in [0.2, 0.25) is 0 Å². The lowest BCUT2D eigenvalue weighted by Crippen LogP contribution is -2.20. The van der Waals surface area contributed by atoms with Crippen molar-refractivity contribution in [2.75, 3.05) is 0 Å². The molecule has 56 valence electrons. The van der Waals surface area contributed by atoms with Crippen molar-refractivity contribution in [3.05, 3.63) is 30.2 Å². The number of allylic oxidation sites excluding steroid dienone is 4. The average molecular weight is 146 g/mol. The van der Waals surface area contributed by atoms with Crippen LogP contribution in [0.4, 0.5) is 0 Å². The van der Waals surface area contributed by atoms with Crippen molar-refractivity contribution in [1.29, 1.82) is 0 Å². The summed E-state index contributed by atoms with van der Waals surface area (Å²) in [4.78, 5) is 11.3. The van der Waals surface area contributed by atoms with Gasteiger partial charge in [0.15, 0.2) is 5.78 Å². The number of carbonyl (C=O) groups excluding carboxylic acids is 1. The van der Waals surface area contributed by atoms with Crippen LogP contribution in [0.3, 0.4) is 0 Å². The SMILES string of the molecule is O=C1C=CC=C2C[C]CCC12. The van der Waals surface area contributed by atoms with Crippen LogP contribution in [0.15, 0.2) is 23.8 Å². The summed E-state index contributed by atoms with van der Waals surface area (Å²) < 4.78 is 0. The Kier molecular flexibility index (Phi) is 1.65. The molecule has 0 aromatic heterocycles. The van der Waals surface area contributed by atoms with Gasteiger partial charge in [-0.15, -0.1) is 0 Å². The first-order valence-corrected chi connectivity index (χ1v) is 3.99. The maximum Gasteiger partial charge on any atom is 0.162 e. The molecule has 0 bridgehead atoms. The van der Waals surface area contributed by atoms with E-state index < -0.39 is 0 Å². The summed E-state index contributed by atoms with van der Waals surface area (Å²) in [6.45, 7) is 0. The number of ketones is 1. The van der Waals surface area contributed by atoms with E-state index in [4.69, 9.17) is 0 Å². The van der Waals surface area contributed by atoms with Crippen molar-refractivity contribution in [2.24, 2.45) is 5.92 Å². The molecule has 0 saturated heterocycles. The van der Waals surface area contributed by atoms with Crippen LogP contribution >= 0.6 is 0 Å². The van der Waals surface area contributed by atoms with Crippen LogP contribution in [-0.2, 0) is 4.79 Å². The molecule has 1 nitrogen and oxygen atoms in total. The second-order valence-electron chi connectivity index (χ2n) is 3.02. The summed E-state index contributed by atoms with van der Waals surface area (Å²) in [7, 11) is 0. The molecule has 2 rings (SSSR count). The molecular weight excluding hydrogens is 136 g/mol. The third-order valence-electron chi connectivity index (χ3n) is 2.30. The highest BCUT2D eigenvalue weighted by molar-refractivity contribution is 5.95. The average Bonchev–Trinajstić information content (AvgIpc) is 2.06. The van der Waals surface area contributed by atoms with E-state index >= 15 is 0 Å². The predicted molar refractivity (Wildman–Crippen MR) is 42.8 cm³/mol. The number of fused-ring (bicyclic) bond motifs is 1. The van der Waals surface area contributed by atoms with Gasteiger partial charge in [0.1, 0.15) is 0 Å². The van der Waals surface area contributed by atoms with E-state index in [-0.39, 0.29) is 11.7 Å². The van der Waals surface area contributed by atoms with Gasteiger partial charge in [-0.25, -0.2) is 0 Å². The minimum atomic E-state index is 0.196. The van der Waals surface area contributed by atoms with Gasteiger partial charge >= 0.3 is 0 Å². The standard InChI is InChI=1S/C10H10O/c11-10-7-3-5-8-4-1-2-6-9(8)10/h3,5,7,9H,2,4,6H2. The van der Waals surface area contributed by atoms with Crippen LogP contribution in [0.2, 0.25) is 0 Å². The lowest BCUT2D eigenvalue weighted by molar-refractivity contribution is -0.117. The first kappa shape index (κ1) is 6.84. The number of carbonyl (C=O) groups is 1. The number of rotatable bonds is 0. The van der Waals surface area contributed by atoms with Crippen LogP contribution in [0.25, 0.3) is 0 Å². The zero-order valence-electron chi connectivity index (χ0n) is 6.34. The van der Waals surface area contributed by atoms with Crippen LogP contribution in [0.1, 0.15) is 19.3 Å². The molecule has 1 unspecified atom stereocenters. The highest BCUT2D eigenvalue weighted by atomic mass is 16.1. The summed E-state index contributed by atoms with van der Waals surface area (Å²) in [5.41, 5.74) is 1.25. The Morgan fingerprint density at radius 2 is 2.45 bits per heavy atom. The molecule has 0 spiro atoms. The van der Waals surface area contributed by atoms with Crippen LogP contribution < -0.4 is 0 Å². The van der Waals surface area contributed by atoms with Gasteiger partial charge in [-0.1, -0.05) is 17.7 Å². The quantitative estimate of drug-likeness (QED) is 0.510. The first-order valence-electron chi connectivity index (χ1n) is 3.99. The third kappa shape index (κ3) is 1.15. The smallest absolute Gasteiger partial charge is 0.162 e. The van der Waals surface area contributed by atoms with Crippen molar-refractivity contribution < 1.29 is 4.79 Å². The third-order valence-corrected chi connectivity index (χ3v) is 2.30. The Hall–Kier alpha value is -0.850. The zero-order valence-corrected chi connectivity index (χ0v) is 6.34. The molecule has 2 aliphatic carbocycles. The molecule has 2 aliphatic rings. The van der Waals surface area contributed by atoms with Crippen molar-refractivity contribution in [1.82, 2.24) is 0 Å². The Labute approximate surface area is 66.8 Å². The molecule has 0 aliphatic heterocycles. The number of hydrogen-bond donors (Lipinski definition) is 0. The largest absolute Gasteiger partial charge is 0.294 e. The zero-order chi connectivity index (χ0) is 7.68. The van der Waals surface area contributed by atoms with E-state index in [2.05, 4.69) is 12.5 Å². The normalized spacial score (nSPS) is 29.6. The molecule has 0 N–H and O–H groups in total. The topological polar surface area (TPSA) is 17.1 Å². The summed E-state index contributed by atoms with van der Waals surface area (Å²) in [5, 5.41) is 0. The summed E-state index contributed by atoms with van der Waals surface area (Å²) >= 11 is 0. The lowest BCUT2D eigenvalue weighted by atomic mass is 9.79. The molecule has 11 heavy (non-hydrogen) atoms. The highest BCUT2D eigenvalue weighted by Crippen LogP contribution is 2.31. The van der Waals surface area contributed by atoms with Crippen molar-refractivity contribution >= 4 is 5.78 Å². The summed E-state index contributed by atoms with van der Waals surface area (Å²) in [5.74, 6) is 0.477. The molecule has 0 aromatic rings. The molecule has 2 radical (unpaired) electrons.